The first-order chi connectivity index (χ1) is 7.94. The summed E-state index contributed by atoms with van der Waals surface area (Å²) in [7, 11) is 0. The molecule has 2 bridgehead atoms. The SMILES string of the molecule is CC(C)OC[C@]12CCC(C(C)O1)[C@H]2OC(C)C. The second kappa shape index (κ2) is 4.87. The van der Waals surface area contributed by atoms with Crippen molar-refractivity contribution in [3.05, 3.63) is 0 Å². The van der Waals surface area contributed by atoms with Crippen molar-refractivity contribution >= 4 is 0 Å². The van der Waals surface area contributed by atoms with Crippen LogP contribution in [-0.2, 0) is 14.2 Å². The molecule has 1 saturated carbocycles. The maximum absolute atomic E-state index is 6.16. The minimum absolute atomic E-state index is 0.182. The summed E-state index contributed by atoms with van der Waals surface area (Å²) in [6.45, 7) is 11.2. The molecule has 2 aliphatic rings. The van der Waals surface area contributed by atoms with Crippen molar-refractivity contribution in [2.45, 2.75) is 77.5 Å². The van der Waals surface area contributed by atoms with Gasteiger partial charge in [-0.1, -0.05) is 0 Å². The van der Waals surface area contributed by atoms with Crippen molar-refractivity contribution in [2.24, 2.45) is 5.92 Å². The van der Waals surface area contributed by atoms with Crippen LogP contribution in [0.2, 0.25) is 0 Å². The Morgan fingerprint density at radius 1 is 1.24 bits per heavy atom. The topological polar surface area (TPSA) is 27.7 Å². The van der Waals surface area contributed by atoms with Crippen LogP contribution in [0.3, 0.4) is 0 Å². The Morgan fingerprint density at radius 3 is 2.47 bits per heavy atom. The molecule has 1 aliphatic carbocycles. The third-order valence-electron chi connectivity index (χ3n) is 3.91. The van der Waals surface area contributed by atoms with E-state index in [0.29, 0.717) is 18.6 Å². The summed E-state index contributed by atoms with van der Waals surface area (Å²) in [5.74, 6) is 0.549. The highest BCUT2D eigenvalue weighted by atomic mass is 16.6. The number of fused-ring (bicyclic) bond motifs is 2. The van der Waals surface area contributed by atoms with Gasteiger partial charge in [-0.05, 0) is 47.5 Å². The lowest BCUT2D eigenvalue weighted by Crippen LogP contribution is -2.44. The molecule has 2 rings (SSSR count). The van der Waals surface area contributed by atoms with Gasteiger partial charge in [-0.2, -0.15) is 0 Å². The van der Waals surface area contributed by atoms with Crippen molar-refractivity contribution in [3.8, 4) is 0 Å². The molecule has 2 unspecified atom stereocenters. The summed E-state index contributed by atoms with van der Waals surface area (Å²) < 4.78 is 18.1. The Morgan fingerprint density at radius 2 is 1.94 bits per heavy atom. The van der Waals surface area contributed by atoms with Gasteiger partial charge in [-0.15, -0.1) is 0 Å². The quantitative estimate of drug-likeness (QED) is 0.742. The summed E-state index contributed by atoms with van der Waals surface area (Å²) >= 11 is 0. The molecule has 0 aromatic carbocycles. The summed E-state index contributed by atoms with van der Waals surface area (Å²) in [6.07, 6.45) is 3.32. The Labute approximate surface area is 105 Å². The van der Waals surface area contributed by atoms with Gasteiger partial charge in [0.05, 0.1) is 31.0 Å². The zero-order valence-electron chi connectivity index (χ0n) is 11.7. The molecule has 0 amide bonds. The lowest BCUT2D eigenvalue weighted by molar-refractivity contribution is -0.152. The van der Waals surface area contributed by atoms with Crippen LogP contribution in [0.15, 0.2) is 0 Å². The maximum atomic E-state index is 6.16. The van der Waals surface area contributed by atoms with Crippen molar-refractivity contribution in [1.82, 2.24) is 0 Å². The number of hydrogen-bond acceptors (Lipinski definition) is 3. The summed E-state index contributed by atoms with van der Waals surface area (Å²) in [5, 5.41) is 0. The normalized spacial score (nSPS) is 40.8. The third-order valence-corrected chi connectivity index (χ3v) is 3.91. The van der Waals surface area contributed by atoms with Crippen molar-refractivity contribution in [3.63, 3.8) is 0 Å². The first-order valence-electron chi connectivity index (χ1n) is 6.89. The van der Waals surface area contributed by atoms with Gasteiger partial charge in [0, 0.05) is 5.92 Å². The minimum Gasteiger partial charge on any atom is -0.376 e. The number of rotatable bonds is 5. The monoisotopic (exact) mass is 242 g/mol. The molecule has 3 nitrogen and oxygen atoms in total. The van der Waals surface area contributed by atoms with Crippen LogP contribution in [-0.4, -0.2) is 36.6 Å². The van der Waals surface area contributed by atoms with E-state index in [9.17, 15) is 0 Å². The average molecular weight is 242 g/mol. The van der Waals surface area contributed by atoms with E-state index in [2.05, 4.69) is 34.6 Å². The molecule has 4 atom stereocenters. The van der Waals surface area contributed by atoms with E-state index in [4.69, 9.17) is 14.2 Å². The summed E-state index contributed by atoms with van der Waals surface area (Å²) in [4.78, 5) is 0. The van der Waals surface area contributed by atoms with Crippen LogP contribution in [0.1, 0.15) is 47.5 Å². The molecule has 0 spiro atoms. The Bertz CT molecular complexity index is 264. The second-order valence-corrected chi connectivity index (χ2v) is 6.06. The van der Waals surface area contributed by atoms with Gasteiger partial charge in [0.1, 0.15) is 5.60 Å². The van der Waals surface area contributed by atoms with Crippen LogP contribution in [0, 0.1) is 5.92 Å². The van der Waals surface area contributed by atoms with Crippen molar-refractivity contribution in [2.75, 3.05) is 6.61 Å². The van der Waals surface area contributed by atoms with E-state index in [0.717, 1.165) is 6.42 Å². The highest BCUT2D eigenvalue weighted by molar-refractivity contribution is 5.08. The zero-order valence-corrected chi connectivity index (χ0v) is 11.7. The van der Waals surface area contributed by atoms with E-state index >= 15 is 0 Å². The molecule has 0 radical (unpaired) electrons. The van der Waals surface area contributed by atoms with Gasteiger partial charge >= 0.3 is 0 Å². The fraction of sp³-hybridized carbons (Fsp3) is 1.00. The fourth-order valence-electron chi connectivity index (χ4n) is 3.17. The average Bonchev–Trinajstić information content (AvgIpc) is 2.67. The Balaban J connectivity index is 2.07. The number of hydrogen-bond donors (Lipinski definition) is 0. The molecular weight excluding hydrogens is 216 g/mol. The Kier molecular flexibility index (Phi) is 3.81. The predicted octanol–water partition coefficient (Wildman–Crippen LogP) is 2.77. The first-order valence-corrected chi connectivity index (χ1v) is 6.89. The highest BCUT2D eigenvalue weighted by Gasteiger charge is 2.59. The van der Waals surface area contributed by atoms with Gasteiger partial charge in [-0.3, -0.25) is 0 Å². The zero-order chi connectivity index (χ0) is 12.6. The molecule has 100 valence electrons. The minimum atomic E-state index is -0.182. The van der Waals surface area contributed by atoms with Crippen LogP contribution in [0.25, 0.3) is 0 Å². The molecule has 1 saturated heterocycles. The van der Waals surface area contributed by atoms with Crippen LogP contribution >= 0.6 is 0 Å². The summed E-state index contributed by atoms with van der Waals surface area (Å²) in [6, 6.07) is 0. The predicted molar refractivity (Wildman–Crippen MR) is 67.1 cm³/mol. The molecule has 0 N–H and O–H groups in total. The molecular formula is C14H26O3. The van der Waals surface area contributed by atoms with E-state index in [1.165, 1.54) is 6.42 Å². The van der Waals surface area contributed by atoms with E-state index in [-0.39, 0.29) is 23.9 Å². The molecule has 17 heavy (non-hydrogen) atoms. The molecule has 1 heterocycles. The van der Waals surface area contributed by atoms with E-state index in [1.807, 2.05) is 0 Å². The van der Waals surface area contributed by atoms with Crippen LogP contribution in [0.4, 0.5) is 0 Å². The lowest BCUT2D eigenvalue weighted by Gasteiger charge is -2.33. The third kappa shape index (κ3) is 2.51. The maximum Gasteiger partial charge on any atom is 0.118 e. The smallest absolute Gasteiger partial charge is 0.118 e. The van der Waals surface area contributed by atoms with Gasteiger partial charge in [0.2, 0.25) is 0 Å². The molecule has 0 aromatic heterocycles. The van der Waals surface area contributed by atoms with Gasteiger partial charge in [0.25, 0.3) is 0 Å². The van der Waals surface area contributed by atoms with Gasteiger partial charge in [0.15, 0.2) is 0 Å². The highest BCUT2D eigenvalue weighted by Crippen LogP contribution is 2.50. The van der Waals surface area contributed by atoms with Crippen LogP contribution < -0.4 is 0 Å². The van der Waals surface area contributed by atoms with Crippen molar-refractivity contribution < 1.29 is 14.2 Å². The number of ether oxygens (including phenoxy) is 3. The van der Waals surface area contributed by atoms with Crippen molar-refractivity contribution in [1.29, 1.82) is 0 Å². The van der Waals surface area contributed by atoms with Gasteiger partial charge in [-0.25, -0.2) is 0 Å². The standard InChI is InChI=1S/C14H26O3/c1-9(2)15-8-14-7-6-12(11(5)17-14)13(14)16-10(3)4/h9-13H,6-8H2,1-5H3/t11?,12?,13-,14+/m1/s1. The van der Waals surface area contributed by atoms with E-state index in [1.54, 1.807) is 0 Å². The lowest BCUT2D eigenvalue weighted by atomic mass is 9.98. The largest absolute Gasteiger partial charge is 0.376 e. The second-order valence-electron chi connectivity index (χ2n) is 6.06. The van der Waals surface area contributed by atoms with Crippen LogP contribution in [0.5, 0.6) is 0 Å². The molecule has 2 fully saturated rings. The molecule has 1 aliphatic heterocycles. The molecule has 0 aromatic rings. The Hall–Kier alpha value is -0.120. The summed E-state index contributed by atoms with van der Waals surface area (Å²) in [5.41, 5.74) is -0.182. The fourth-order valence-corrected chi connectivity index (χ4v) is 3.17. The van der Waals surface area contributed by atoms with E-state index < -0.39 is 0 Å². The first kappa shape index (κ1) is 13.3. The van der Waals surface area contributed by atoms with Gasteiger partial charge < -0.3 is 14.2 Å². The molecule has 3 heteroatoms.